The molecule has 0 heterocycles. The summed E-state index contributed by atoms with van der Waals surface area (Å²) in [5.41, 5.74) is 3.07. The van der Waals surface area contributed by atoms with Crippen LogP contribution in [0.25, 0.3) is 0 Å². The monoisotopic (exact) mass is 765 g/mol. The minimum absolute atomic E-state index is 0. The average Bonchev–Trinajstić information content (AvgIpc) is 3.09. The Morgan fingerprint density at radius 3 is 1.80 bits per heavy atom. The van der Waals surface area contributed by atoms with Crippen molar-refractivity contribution >= 4 is 44.3 Å². The zero-order valence-electron chi connectivity index (χ0n) is 32.2. The lowest BCUT2D eigenvalue weighted by Crippen LogP contribution is -3.00. The van der Waals surface area contributed by atoms with Crippen LogP contribution in [0.15, 0.2) is 53.4 Å². The number of benzene rings is 2. The summed E-state index contributed by atoms with van der Waals surface area (Å²) in [6.07, 6.45) is 14.0. The third-order valence-corrected chi connectivity index (χ3v) is 21.5. The maximum absolute atomic E-state index is 13.1. The molecule has 0 unspecified atom stereocenters. The van der Waals surface area contributed by atoms with E-state index in [4.69, 9.17) is 9.16 Å². The largest absolute Gasteiger partial charge is 1.00 e. The molecule has 0 spiro atoms. The summed E-state index contributed by atoms with van der Waals surface area (Å²) in [5, 5.41) is 2.93. The van der Waals surface area contributed by atoms with Crippen LogP contribution in [0.3, 0.4) is 0 Å². The van der Waals surface area contributed by atoms with E-state index in [0.717, 1.165) is 17.4 Å². The molecule has 0 aromatic heterocycles. The van der Waals surface area contributed by atoms with E-state index in [9.17, 15) is 14.4 Å². The molecule has 2 aromatic carbocycles. The molecule has 10 heteroatoms. The first kappa shape index (κ1) is 46.3. The Balaban J connectivity index is 0.0000125. The highest BCUT2D eigenvalue weighted by Crippen LogP contribution is 2.63. The highest BCUT2D eigenvalue weighted by atomic mass is 35.5. The van der Waals surface area contributed by atoms with Crippen molar-refractivity contribution in [1.29, 1.82) is 0 Å². The van der Waals surface area contributed by atoms with E-state index in [1.807, 2.05) is 19.2 Å². The second-order valence-corrected chi connectivity index (χ2v) is 24.7. The fraction of sp³-hybridized carbons (Fsp3) is 0.625. The highest BCUT2D eigenvalue weighted by Gasteiger charge is 2.40. The number of rotatable bonds is 24. The summed E-state index contributed by atoms with van der Waals surface area (Å²) in [7, 11) is -1.10. The number of hydrogen-bond acceptors (Lipinski definition) is 6. The summed E-state index contributed by atoms with van der Waals surface area (Å²) < 4.78 is 11.5. The Kier molecular flexibility index (Phi) is 22.7. The molecule has 0 aliphatic rings. The van der Waals surface area contributed by atoms with Gasteiger partial charge in [-0.3, -0.25) is 14.4 Å². The summed E-state index contributed by atoms with van der Waals surface area (Å²) >= 11 is 1.18. The van der Waals surface area contributed by atoms with Crippen molar-refractivity contribution in [2.75, 3.05) is 32.1 Å². The van der Waals surface area contributed by atoms with Gasteiger partial charge in [0.05, 0.1) is 31.1 Å². The first-order valence-electron chi connectivity index (χ1n) is 18.7. The van der Waals surface area contributed by atoms with E-state index < -0.39 is 21.5 Å². The van der Waals surface area contributed by atoms with Crippen LogP contribution in [0.5, 0.6) is 5.75 Å². The highest BCUT2D eigenvalue weighted by molar-refractivity contribution is 8.14. The van der Waals surface area contributed by atoms with Gasteiger partial charge in [0.1, 0.15) is 5.75 Å². The van der Waals surface area contributed by atoms with Crippen molar-refractivity contribution in [3.8, 4) is 5.75 Å². The number of unbranched alkanes of at least 4 members (excludes halogenated alkanes) is 3. The number of hydrogen-bond donors (Lipinski definition) is 1. The summed E-state index contributed by atoms with van der Waals surface area (Å²) in [6, 6.07) is 16.3. The molecular formula is C40H65ClNO5PSSi. The molecule has 50 heavy (non-hydrogen) atoms. The number of nitrogens with one attached hydrogen (secondary N) is 1. The molecule has 2 aromatic rings. The van der Waals surface area contributed by atoms with Crippen LogP contribution in [0.1, 0.15) is 122 Å². The van der Waals surface area contributed by atoms with E-state index in [2.05, 4.69) is 65.9 Å². The molecule has 6 nitrogen and oxygen atoms in total. The molecule has 0 saturated carbocycles. The molecule has 0 saturated heterocycles. The number of halogens is 1. The molecule has 0 fully saturated rings. The van der Waals surface area contributed by atoms with Crippen molar-refractivity contribution in [2.45, 2.75) is 134 Å². The Bertz CT molecular complexity index is 1250. The van der Waals surface area contributed by atoms with Crippen LogP contribution < -0.4 is 22.5 Å². The fourth-order valence-electron chi connectivity index (χ4n) is 6.82. The maximum atomic E-state index is 13.1. The van der Waals surface area contributed by atoms with Crippen LogP contribution in [0.4, 0.5) is 0 Å². The van der Waals surface area contributed by atoms with Gasteiger partial charge in [-0.2, -0.15) is 0 Å². The Morgan fingerprint density at radius 1 is 0.780 bits per heavy atom. The van der Waals surface area contributed by atoms with Crippen LogP contribution in [-0.4, -0.2) is 57.4 Å². The molecule has 1 amide bonds. The van der Waals surface area contributed by atoms with Gasteiger partial charge in [-0.05, 0) is 84.4 Å². The summed E-state index contributed by atoms with van der Waals surface area (Å²) in [5.74, 6) is -0.210. The van der Waals surface area contributed by atoms with Gasteiger partial charge in [0.2, 0.25) is 11.0 Å². The predicted octanol–water partition coefficient (Wildman–Crippen LogP) is 8.14. The quantitative estimate of drug-likeness (QED) is 0.0290. The van der Waals surface area contributed by atoms with Gasteiger partial charge in [0.15, 0.2) is 8.32 Å². The van der Waals surface area contributed by atoms with Gasteiger partial charge in [-0.15, -0.1) is 0 Å². The third-order valence-electron chi connectivity index (χ3n) is 9.89. The first-order chi connectivity index (χ1) is 23.4. The predicted molar refractivity (Wildman–Crippen MR) is 213 cm³/mol. The van der Waals surface area contributed by atoms with Crippen LogP contribution in [0, 0.1) is 0 Å². The Morgan fingerprint density at radius 2 is 1.32 bits per heavy atom. The smallest absolute Gasteiger partial charge is 0.311 e. The van der Waals surface area contributed by atoms with Crippen molar-refractivity contribution in [3.05, 3.63) is 59.7 Å². The number of esters is 1. The number of carbonyl (C=O) groups excluding carboxylic acids is 3. The average molecular weight is 767 g/mol. The van der Waals surface area contributed by atoms with Crippen molar-refractivity contribution < 1.29 is 36.0 Å². The van der Waals surface area contributed by atoms with Crippen molar-refractivity contribution in [2.24, 2.45) is 0 Å². The molecule has 0 bridgehead atoms. The molecule has 0 aliphatic heterocycles. The lowest BCUT2D eigenvalue weighted by atomic mass is 10.2. The maximum Gasteiger partial charge on any atom is 0.311 e. The van der Waals surface area contributed by atoms with E-state index >= 15 is 0 Å². The van der Waals surface area contributed by atoms with Crippen molar-refractivity contribution in [3.63, 3.8) is 0 Å². The minimum Gasteiger partial charge on any atom is -1.00 e. The molecular weight excluding hydrogens is 701 g/mol. The van der Waals surface area contributed by atoms with E-state index in [0.29, 0.717) is 28.9 Å². The van der Waals surface area contributed by atoms with E-state index in [1.54, 1.807) is 24.3 Å². The zero-order chi connectivity index (χ0) is 36.3. The second-order valence-electron chi connectivity index (χ2n) is 14.2. The normalized spacial score (nSPS) is 11.8. The third kappa shape index (κ3) is 15.5. The van der Waals surface area contributed by atoms with Crippen LogP contribution >= 0.6 is 19.0 Å². The summed E-state index contributed by atoms with van der Waals surface area (Å²) in [4.78, 5) is 38.7. The molecule has 0 atom stereocenters. The van der Waals surface area contributed by atoms with Gasteiger partial charge in [0, 0.05) is 37.8 Å². The molecule has 282 valence electrons. The van der Waals surface area contributed by atoms with Gasteiger partial charge in [-0.25, -0.2) is 0 Å². The lowest BCUT2D eigenvalue weighted by Gasteiger charge is -2.37. The van der Waals surface area contributed by atoms with Gasteiger partial charge in [0.25, 0.3) is 0 Å². The first-order valence-corrected chi connectivity index (χ1v) is 24.3. The Hall–Kier alpha value is -1.70. The van der Waals surface area contributed by atoms with Gasteiger partial charge < -0.3 is 26.9 Å². The topological polar surface area (TPSA) is 81.7 Å². The van der Waals surface area contributed by atoms with E-state index in [1.165, 1.54) is 80.5 Å². The molecule has 0 aliphatic carbocycles. The summed E-state index contributed by atoms with van der Waals surface area (Å²) in [6.45, 7) is 16.4. The molecule has 2 rings (SSSR count). The van der Waals surface area contributed by atoms with Crippen LogP contribution in [-0.2, 0) is 20.2 Å². The standard InChI is InChI=1S/C40H64NO5PSSi.ClH/c1-9-12-27-47(28-13-10-2,29-14-11-3)31-34-16-18-35(19-17-34)40(44)48-37-22-20-36(21-23-37)46-39(43)25-24-38(42)41-26-15-30-49(45-8,32(4)5)33(6)7;/h16-23,32-33H,9-15,24-31H2,1-8H3;1H. The molecule has 1 N–H and O–H groups in total. The second kappa shape index (κ2) is 24.5. The number of ether oxygens (including phenoxy) is 1. The number of thioether (sulfide) groups is 1. The van der Waals surface area contributed by atoms with Crippen LogP contribution in [0.2, 0.25) is 17.1 Å². The zero-order valence-corrected chi connectivity index (χ0v) is 35.6. The SMILES string of the molecule is CCCC[P+](CCCC)(CCCC)Cc1ccc(C(=O)Sc2ccc(OC(=O)CCC(=O)NCCC[Si](OC)(C(C)C)C(C)C)cc2)cc1.[Cl-]. The Labute approximate surface area is 316 Å². The van der Waals surface area contributed by atoms with E-state index in [-0.39, 0.29) is 36.3 Å². The van der Waals surface area contributed by atoms with Gasteiger partial charge in [-0.1, -0.05) is 92.0 Å². The molecule has 0 radical (unpaired) electrons. The van der Waals surface area contributed by atoms with Crippen molar-refractivity contribution in [1.82, 2.24) is 5.32 Å². The fourth-order valence-corrected chi connectivity index (χ4v) is 17.0. The van der Waals surface area contributed by atoms with Gasteiger partial charge >= 0.3 is 5.97 Å². The number of amides is 1. The number of carbonyl (C=O) groups is 3. The minimum atomic E-state index is -1.87. The lowest BCUT2D eigenvalue weighted by molar-refractivity contribution is -0.136.